The van der Waals surface area contributed by atoms with Crippen LogP contribution in [0, 0.1) is 5.92 Å². The van der Waals surface area contributed by atoms with E-state index >= 15 is 0 Å². The Morgan fingerprint density at radius 2 is 2.12 bits per heavy atom. The van der Waals surface area contributed by atoms with Crippen molar-refractivity contribution >= 4 is 12.0 Å². The van der Waals surface area contributed by atoms with E-state index in [0.29, 0.717) is 19.0 Å². The molecule has 1 fully saturated rings. The van der Waals surface area contributed by atoms with Gasteiger partial charge in [-0.05, 0) is 32.1 Å². The Bertz CT molecular complexity index is 277. The summed E-state index contributed by atoms with van der Waals surface area (Å²) in [5, 5.41) is 11.4. The molecule has 0 aliphatic heterocycles. The summed E-state index contributed by atoms with van der Waals surface area (Å²) in [6.45, 7) is 5.22. The molecule has 0 radical (unpaired) electrons. The summed E-state index contributed by atoms with van der Waals surface area (Å²) >= 11 is 0. The molecule has 5 heteroatoms. The van der Waals surface area contributed by atoms with Gasteiger partial charge in [0.25, 0.3) is 0 Å². The van der Waals surface area contributed by atoms with Gasteiger partial charge in [-0.15, -0.1) is 0 Å². The Hall–Kier alpha value is -1.26. The second kappa shape index (κ2) is 6.47. The van der Waals surface area contributed by atoms with E-state index in [0.717, 1.165) is 19.4 Å². The minimum Gasteiger partial charge on any atom is -0.481 e. The number of nitrogens with zero attached hydrogens (tertiary/aromatic N) is 1. The summed E-state index contributed by atoms with van der Waals surface area (Å²) in [6.07, 6.45) is 2.98. The van der Waals surface area contributed by atoms with Gasteiger partial charge in [0.2, 0.25) is 0 Å². The van der Waals surface area contributed by atoms with E-state index in [1.165, 1.54) is 0 Å². The molecule has 2 N–H and O–H groups in total. The van der Waals surface area contributed by atoms with Crippen LogP contribution in [-0.4, -0.2) is 41.1 Å². The fraction of sp³-hybridized carbons (Fsp3) is 0.833. The van der Waals surface area contributed by atoms with Crippen molar-refractivity contribution in [3.63, 3.8) is 0 Å². The van der Waals surface area contributed by atoms with Crippen molar-refractivity contribution in [3.8, 4) is 0 Å². The number of carbonyl (C=O) groups is 2. The maximum Gasteiger partial charge on any atom is 0.317 e. The van der Waals surface area contributed by atoms with E-state index in [9.17, 15) is 9.59 Å². The molecule has 2 amide bonds. The molecule has 1 aliphatic carbocycles. The second-order valence-electron chi connectivity index (χ2n) is 4.74. The summed E-state index contributed by atoms with van der Waals surface area (Å²) in [5.74, 6) is -0.579. The summed E-state index contributed by atoms with van der Waals surface area (Å²) in [7, 11) is 0. The Kier molecular flexibility index (Phi) is 5.25. The molecule has 0 spiro atoms. The molecule has 0 aromatic heterocycles. The van der Waals surface area contributed by atoms with Crippen molar-refractivity contribution in [1.82, 2.24) is 10.2 Å². The van der Waals surface area contributed by atoms with E-state index in [1.807, 2.05) is 18.7 Å². The van der Waals surface area contributed by atoms with Gasteiger partial charge in [0, 0.05) is 25.6 Å². The van der Waals surface area contributed by atoms with Crippen LogP contribution in [0.2, 0.25) is 0 Å². The van der Waals surface area contributed by atoms with Crippen molar-refractivity contribution in [2.24, 2.45) is 5.92 Å². The van der Waals surface area contributed by atoms with Gasteiger partial charge in [-0.1, -0.05) is 6.92 Å². The van der Waals surface area contributed by atoms with Gasteiger partial charge in [0.15, 0.2) is 0 Å². The van der Waals surface area contributed by atoms with E-state index in [1.54, 1.807) is 0 Å². The minimum absolute atomic E-state index is 0.0165. The van der Waals surface area contributed by atoms with Gasteiger partial charge in [-0.2, -0.15) is 0 Å². The van der Waals surface area contributed by atoms with Crippen LogP contribution in [-0.2, 0) is 4.79 Å². The first-order valence-corrected chi connectivity index (χ1v) is 6.30. The molecule has 0 aromatic rings. The molecule has 5 nitrogen and oxygen atoms in total. The Balaban J connectivity index is 2.19. The maximum absolute atomic E-state index is 11.8. The molecule has 0 saturated heterocycles. The average Bonchev–Trinajstić information content (AvgIpc) is 3.08. The predicted molar refractivity (Wildman–Crippen MR) is 64.8 cm³/mol. The van der Waals surface area contributed by atoms with E-state index in [4.69, 9.17) is 5.11 Å². The zero-order valence-corrected chi connectivity index (χ0v) is 10.6. The third-order valence-electron chi connectivity index (χ3n) is 3.04. The van der Waals surface area contributed by atoms with Gasteiger partial charge in [0.05, 0.1) is 0 Å². The molecule has 0 heterocycles. The van der Waals surface area contributed by atoms with Crippen molar-refractivity contribution < 1.29 is 14.7 Å². The number of carboxylic acid groups (broad SMARTS) is 1. The first-order chi connectivity index (χ1) is 8.04. The van der Waals surface area contributed by atoms with Crippen molar-refractivity contribution in [2.75, 3.05) is 13.1 Å². The molecule has 1 atom stereocenters. The van der Waals surface area contributed by atoms with E-state index in [2.05, 4.69) is 5.32 Å². The second-order valence-corrected chi connectivity index (χ2v) is 4.74. The highest BCUT2D eigenvalue weighted by atomic mass is 16.4. The molecule has 1 unspecified atom stereocenters. The monoisotopic (exact) mass is 242 g/mol. The van der Waals surface area contributed by atoms with Gasteiger partial charge in [-0.25, -0.2) is 4.79 Å². The number of carbonyl (C=O) groups excluding carboxylic acids is 1. The lowest BCUT2D eigenvalue weighted by molar-refractivity contribution is -0.137. The normalized spacial score (nSPS) is 16.4. The topological polar surface area (TPSA) is 69.6 Å². The zero-order valence-electron chi connectivity index (χ0n) is 10.6. The Morgan fingerprint density at radius 3 is 2.59 bits per heavy atom. The average molecular weight is 242 g/mol. The number of carboxylic acids is 1. The molecule has 1 saturated carbocycles. The largest absolute Gasteiger partial charge is 0.481 e. The first-order valence-electron chi connectivity index (χ1n) is 6.30. The van der Waals surface area contributed by atoms with E-state index in [-0.39, 0.29) is 18.4 Å². The molecule has 98 valence electrons. The highest BCUT2D eigenvalue weighted by Crippen LogP contribution is 2.26. The van der Waals surface area contributed by atoms with Crippen LogP contribution >= 0.6 is 0 Å². The summed E-state index contributed by atoms with van der Waals surface area (Å²) in [4.78, 5) is 24.0. The van der Waals surface area contributed by atoms with Crippen molar-refractivity contribution in [3.05, 3.63) is 0 Å². The lowest BCUT2D eigenvalue weighted by Gasteiger charge is -2.22. The fourth-order valence-electron chi connectivity index (χ4n) is 1.79. The van der Waals surface area contributed by atoms with Gasteiger partial charge < -0.3 is 15.3 Å². The molecule has 17 heavy (non-hydrogen) atoms. The number of urea groups is 1. The highest BCUT2D eigenvalue weighted by molar-refractivity contribution is 5.74. The maximum atomic E-state index is 11.8. The summed E-state index contributed by atoms with van der Waals surface area (Å²) < 4.78 is 0. The lowest BCUT2D eigenvalue weighted by atomic mass is 10.1. The first kappa shape index (κ1) is 13.8. The van der Waals surface area contributed by atoms with Crippen LogP contribution in [0.25, 0.3) is 0 Å². The molecule has 1 rings (SSSR count). The highest BCUT2D eigenvalue weighted by Gasteiger charge is 2.31. The van der Waals surface area contributed by atoms with Crippen molar-refractivity contribution in [2.45, 2.75) is 45.6 Å². The SMILES string of the molecule is CCN(C(=O)NCC(C)CCC(=O)O)C1CC1. The van der Waals surface area contributed by atoms with Crippen LogP contribution < -0.4 is 5.32 Å². The number of amides is 2. The number of aliphatic carboxylic acids is 1. The molecule has 0 aromatic carbocycles. The van der Waals surface area contributed by atoms with E-state index < -0.39 is 5.97 Å². The minimum atomic E-state index is -0.781. The number of hydrogen-bond acceptors (Lipinski definition) is 2. The molecule has 1 aliphatic rings. The van der Waals surface area contributed by atoms with Crippen LogP contribution in [0.5, 0.6) is 0 Å². The quantitative estimate of drug-likeness (QED) is 0.713. The molecular weight excluding hydrogens is 220 g/mol. The number of hydrogen-bond donors (Lipinski definition) is 2. The number of rotatable bonds is 7. The van der Waals surface area contributed by atoms with Crippen LogP contribution in [0.3, 0.4) is 0 Å². The Morgan fingerprint density at radius 1 is 1.47 bits per heavy atom. The fourth-order valence-corrected chi connectivity index (χ4v) is 1.79. The van der Waals surface area contributed by atoms with Gasteiger partial charge >= 0.3 is 12.0 Å². The van der Waals surface area contributed by atoms with Crippen LogP contribution in [0.1, 0.15) is 39.5 Å². The van der Waals surface area contributed by atoms with Crippen LogP contribution in [0.15, 0.2) is 0 Å². The standard InChI is InChI=1S/C12H22N2O3/c1-3-14(10-5-6-10)12(17)13-8-9(2)4-7-11(15)16/h9-10H,3-8H2,1-2H3,(H,13,17)(H,15,16). The van der Waals surface area contributed by atoms with Gasteiger partial charge in [-0.3, -0.25) is 4.79 Å². The summed E-state index contributed by atoms with van der Waals surface area (Å²) in [6, 6.07) is 0.409. The predicted octanol–water partition coefficient (Wildman–Crippen LogP) is 1.68. The van der Waals surface area contributed by atoms with Gasteiger partial charge in [0.1, 0.15) is 0 Å². The molecular formula is C12H22N2O3. The third-order valence-corrected chi connectivity index (χ3v) is 3.04. The van der Waals surface area contributed by atoms with Crippen molar-refractivity contribution in [1.29, 1.82) is 0 Å². The van der Waals surface area contributed by atoms with Crippen LogP contribution in [0.4, 0.5) is 4.79 Å². The molecule has 0 bridgehead atoms. The zero-order chi connectivity index (χ0) is 12.8. The third kappa shape index (κ3) is 5.06. The smallest absolute Gasteiger partial charge is 0.317 e. The Labute approximate surface area is 102 Å². The summed E-state index contributed by atoms with van der Waals surface area (Å²) in [5.41, 5.74) is 0. The lowest BCUT2D eigenvalue weighted by Crippen LogP contribution is -2.42. The number of nitrogens with one attached hydrogen (secondary N) is 1.